The van der Waals surface area contributed by atoms with Gasteiger partial charge in [-0.1, -0.05) is 17.7 Å². The quantitative estimate of drug-likeness (QED) is 0.787. The van der Waals surface area contributed by atoms with Crippen LogP contribution in [0.25, 0.3) is 0 Å². The Hall–Kier alpha value is -1.44. The molecule has 1 N–H and O–H groups in total. The molecule has 0 aliphatic carbocycles. The van der Waals surface area contributed by atoms with Crippen LogP contribution in [0.2, 0.25) is 0 Å². The van der Waals surface area contributed by atoms with Crippen molar-refractivity contribution in [3.05, 3.63) is 29.3 Å². The Bertz CT molecular complexity index is 730. The number of carbonyl (C=O) groups is 1. The van der Waals surface area contributed by atoms with Crippen LogP contribution in [0.5, 0.6) is 0 Å². The second kappa shape index (κ2) is 7.43. The van der Waals surface area contributed by atoms with Gasteiger partial charge in [0.1, 0.15) is 5.60 Å². The molecule has 1 aromatic rings. The predicted molar refractivity (Wildman–Crippen MR) is 96.1 cm³/mol. The van der Waals surface area contributed by atoms with Gasteiger partial charge in [-0.25, -0.2) is 13.2 Å². The molecule has 0 aromatic heterocycles. The van der Waals surface area contributed by atoms with Gasteiger partial charge in [-0.2, -0.15) is 4.31 Å². The summed E-state index contributed by atoms with van der Waals surface area (Å²) in [6.45, 7) is 11.6. The number of hydrogen-bond acceptors (Lipinski definition) is 4. The first kappa shape index (κ1) is 19.9. The van der Waals surface area contributed by atoms with Gasteiger partial charge >= 0.3 is 5.97 Å². The molecule has 0 radical (unpaired) electrons. The van der Waals surface area contributed by atoms with Crippen LogP contribution in [0, 0.1) is 13.8 Å². The van der Waals surface area contributed by atoms with Crippen LogP contribution < -0.4 is 4.90 Å². The fourth-order valence-corrected chi connectivity index (χ4v) is 4.68. The smallest absolute Gasteiger partial charge is 0.362 e. The summed E-state index contributed by atoms with van der Waals surface area (Å²) in [4.78, 5) is 13.4. The summed E-state index contributed by atoms with van der Waals surface area (Å²) < 4.78 is 32.6. The molecule has 0 amide bonds. The third-order valence-corrected chi connectivity index (χ3v) is 6.25. The number of sulfonamides is 1. The van der Waals surface area contributed by atoms with Crippen LogP contribution in [0.15, 0.2) is 23.1 Å². The number of piperazine rings is 1. The SMILES string of the molecule is Cc1ccc(S(=O)(=O)N2CC[NH+](CC(=O)OC(C)(C)C)CC2)c(C)c1. The fourth-order valence-electron chi connectivity index (χ4n) is 3.03. The largest absolute Gasteiger partial charge is 0.456 e. The van der Waals surface area contributed by atoms with Crippen LogP contribution in [0.4, 0.5) is 0 Å². The zero-order chi connectivity index (χ0) is 18.8. The van der Waals surface area contributed by atoms with E-state index in [2.05, 4.69) is 0 Å². The molecule has 0 bridgehead atoms. The van der Waals surface area contributed by atoms with Gasteiger partial charge in [0.05, 0.1) is 31.1 Å². The van der Waals surface area contributed by atoms with E-state index in [9.17, 15) is 13.2 Å². The first-order valence-corrected chi connectivity index (χ1v) is 10.1. The maximum Gasteiger partial charge on any atom is 0.362 e. The molecule has 6 nitrogen and oxygen atoms in total. The molecular formula is C18H29N2O4S+. The number of quaternary nitrogens is 1. The highest BCUT2D eigenvalue weighted by atomic mass is 32.2. The van der Waals surface area contributed by atoms with E-state index in [-0.39, 0.29) is 12.5 Å². The Morgan fingerprint density at radius 3 is 2.32 bits per heavy atom. The zero-order valence-corrected chi connectivity index (χ0v) is 16.6. The van der Waals surface area contributed by atoms with Crippen LogP contribution in [-0.2, 0) is 19.6 Å². The highest BCUT2D eigenvalue weighted by molar-refractivity contribution is 7.89. The van der Waals surface area contributed by atoms with Crippen LogP contribution in [-0.4, -0.2) is 57.0 Å². The molecule has 1 aliphatic heterocycles. The van der Waals surface area contributed by atoms with Crippen molar-refractivity contribution in [2.45, 2.75) is 45.1 Å². The Morgan fingerprint density at radius 1 is 1.20 bits per heavy atom. The lowest BCUT2D eigenvalue weighted by Crippen LogP contribution is -3.15. The Kier molecular flexibility index (Phi) is 5.91. The van der Waals surface area contributed by atoms with Gasteiger partial charge in [0, 0.05) is 0 Å². The lowest BCUT2D eigenvalue weighted by atomic mass is 10.2. The highest BCUT2D eigenvalue weighted by Gasteiger charge is 2.32. The molecule has 0 atom stereocenters. The molecule has 1 saturated heterocycles. The molecule has 1 heterocycles. The van der Waals surface area contributed by atoms with Crippen molar-refractivity contribution < 1.29 is 22.8 Å². The van der Waals surface area contributed by atoms with Crippen LogP contribution in [0.1, 0.15) is 31.9 Å². The minimum Gasteiger partial charge on any atom is -0.456 e. The minimum absolute atomic E-state index is 0.242. The Balaban J connectivity index is 1.98. The number of rotatable bonds is 4. The summed E-state index contributed by atoms with van der Waals surface area (Å²) in [6, 6.07) is 5.39. The zero-order valence-electron chi connectivity index (χ0n) is 15.8. The molecule has 0 saturated carbocycles. The number of esters is 1. The second-order valence-electron chi connectivity index (χ2n) is 7.69. The van der Waals surface area contributed by atoms with Gasteiger partial charge in [0.25, 0.3) is 0 Å². The standard InChI is InChI=1S/C18H28N2O4S/c1-14-6-7-16(15(2)12-14)25(22,23)20-10-8-19(9-11-20)13-17(21)24-18(3,4)5/h6-7,12H,8-11,13H2,1-5H3/p+1. The lowest BCUT2D eigenvalue weighted by molar-refractivity contribution is -0.896. The summed E-state index contributed by atoms with van der Waals surface area (Å²) in [5.74, 6) is -0.242. The van der Waals surface area contributed by atoms with Crippen LogP contribution in [0.3, 0.4) is 0 Å². The maximum atomic E-state index is 12.9. The van der Waals surface area contributed by atoms with Crippen molar-refractivity contribution in [2.75, 3.05) is 32.7 Å². The molecular weight excluding hydrogens is 340 g/mol. The van der Waals surface area contributed by atoms with E-state index in [4.69, 9.17) is 4.74 Å². The predicted octanol–water partition coefficient (Wildman–Crippen LogP) is 0.534. The number of hydrogen-bond donors (Lipinski definition) is 1. The van der Waals surface area contributed by atoms with E-state index < -0.39 is 15.6 Å². The topological polar surface area (TPSA) is 68.1 Å². The molecule has 25 heavy (non-hydrogen) atoms. The van der Waals surface area contributed by atoms with Gasteiger partial charge in [0.2, 0.25) is 10.0 Å². The van der Waals surface area contributed by atoms with E-state index in [0.29, 0.717) is 31.1 Å². The summed E-state index contributed by atoms with van der Waals surface area (Å²) in [7, 11) is -3.49. The first-order valence-electron chi connectivity index (χ1n) is 8.62. The monoisotopic (exact) mass is 369 g/mol. The number of nitrogens with one attached hydrogen (secondary N) is 1. The maximum absolute atomic E-state index is 12.9. The molecule has 1 aliphatic rings. The van der Waals surface area contributed by atoms with Crippen molar-refractivity contribution in [1.29, 1.82) is 0 Å². The average molecular weight is 370 g/mol. The van der Waals surface area contributed by atoms with Crippen molar-refractivity contribution in [2.24, 2.45) is 0 Å². The van der Waals surface area contributed by atoms with E-state index >= 15 is 0 Å². The van der Waals surface area contributed by atoms with E-state index in [1.54, 1.807) is 6.07 Å². The molecule has 2 rings (SSSR count). The van der Waals surface area contributed by atoms with Crippen LogP contribution >= 0.6 is 0 Å². The van der Waals surface area contributed by atoms with E-state index in [1.807, 2.05) is 46.8 Å². The lowest BCUT2D eigenvalue weighted by Gasteiger charge is -2.32. The van der Waals surface area contributed by atoms with Gasteiger partial charge < -0.3 is 9.64 Å². The second-order valence-corrected chi connectivity index (χ2v) is 9.59. The molecule has 1 fully saturated rings. The molecule has 1 aromatic carbocycles. The normalized spacial score (nSPS) is 17.5. The first-order chi connectivity index (χ1) is 11.5. The number of carbonyl (C=O) groups excluding carboxylic acids is 1. The third-order valence-electron chi connectivity index (χ3n) is 4.19. The molecule has 0 spiro atoms. The fraction of sp³-hybridized carbons (Fsp3) is 0.611. The molecule has 7 heteroatoms. The minimum atomic E-state index is -3.49. The van der Waals surface area contributed by atoms with Crippen molar-refractivity contribution in [3.8, 4) is 0 Å². The number of aryl methyl sites for hydroxylation is 2. The van der Waals surface area contributed by atoms with Gasteiger partial charge in [-0.15, -0.1) is 0 Å². The summed E-state index contributed by atoms with van der Waals surface area (Å²) in [5.41, 5.74) is 1.32. The van der Waals surface area contributed by atoms with E-state index in [1.165, 1.54) is 4.31 Å². The van der Waals surface area contributed by atoms with Crippen molar-refractivity contribution >= 4 is 16.0 Å². The number of benzene rings is 1. The molecule has 140 valence electrons. The van der Waals surface area contributed by atoms with Crippen molar-refractivity contribution in [1.82, 2.24) is 4.31 Å². The van der Waals surface area contributed by atoms with Gasteiger partial charge in [-0.05, 0) is 46.2 Å². The third kappa shape index (κ3) is 5.26. The number of ether oxygens (including phenoxy) is 1. The van der Waals surface area contributed by atoms with E-state index in [0.717, 1.165) is 16.0 Å². The summed E-state index contributed by atoms with van der Waals surface area (Å²) in [6.07, 6.45) is 0. The number of nitrogens with zero attached hydrogens (tertiary/aromatic N) is 1. The van der Waals surface area contributed by atoms with Gasteiger partial charge in [-0.3, -0.25) is 0 Å². The molecule has 0 unspecified atom stereocenters. The average Bonchev–Trinajstić information content (AvgIpc) is 2.45. The Morgan fingerprint density at radius 2 is 1.80 bits per heavy atom. The van der Waals surface area contributed by atoms with Crippen molar-refractivity contribution in [3.63, 3.8) is 0 Å². The summed E-state index contributed by atoms with van der Waals surface area (Å²) >= 11 is 0. The highest BCUT2D eigenvalue weighted by Crippen LogP contribution is 2.20. The van der Waals surface area contributed by atoms with Gasteiger partial charge in [0.15, 0.2) is 6.54 Å². The summed E-state index contributed by atoms with van der Waals surface area (Å²) in [5, 5.41) is 0. The Labute approximate surface area is 150 Å².